The Morgan fingerprint density at radius 3 is 2.87 bits per heavy atom. The molecule has 2 N–H and O–H groups in total. The Hall–Kier alpha value is -1.29. The number of hydrogen-bond acceptors (Lipinski definition) is 4. The van der Waals surface area contributed by atoms with Crippen molar-refractivity contribution in [1.29, 1.82) is 0 Å². The third-order valence-electron chi connectivity index (χ3n) is 2.75. The van der Waals surface area contributed by atoms with Crippen LogP contribution in [-0.4, -0.2) is 29.8 Å². The molecular formula is C11H16N2O2. The van der Waals surface area contributed by atoms with E-state index in [2.05, 4.69) is 10.3 Å². The molecule has 1 heterocycles. The number of nitrogens with zero attached hydrogens (tertiary/aromatic N) is 1. The molecule has 15 heavy (non-hydrogen) atoms. The lowest BCUT2D eigenvalue weighted by atomic mass is 9.82. The van der Waals surface area contributed by atoms with Gasteiger partial charge in [0.2, 0.25) is 0 Å². The van der Waals surface area contributed by atoms with Crippen molar-refractivity contribution in [2.45, 2.75) is 18.9 Å². The first-order valence-electron chi connectivity index (χ1n) is 5.20. The van der Waals surface area contributed by atoms with Gasteiger partial charge in [-0.05, 0) is 30.9 Å². The van der Waals surface area contributed by atoms with E-state index in [1.54, 1.807) is 13.3 Å². The van der Waals surface area contributed by atoms with Gasteiger partial charge in [-0.1, -0.05) is 0 Å². The van der Waals surface area contributed by atoms with Gasteiger partial charge in [0.05, 0.1) is 19.4 Å². The van der Waals surface area contributed by atoms with E-state index in [0.29, 0.717) is 5.92 Å². The van der Waals surface area contributed by atoms with E-state index >= 15 is 0 Å². The smallest absolute Gasteiger partial charge is 0.137 e. The quantitative estimate of drug-likeness (QED) is 0.782. The molecule has 1 aliphatic carbocycles. The Balaban J connectivity index is 1.78. The summed E-state index contributed by atoms with van der Waals surface area (Å²) in [7, 11) is 1.62. The highest BCUT2D eigenvalue weighted by Gasteiger charge is 2.26. The molecule has 0 atom stereocenters. The summed E-state index contributed by atoms with van der Waals surface area (Å²) in [5.74, 6) is 2.21. The van der Waals surface area contributed by atoms with Crippen molar-refractivity contribution in [3.8, 4) is 5.75 Å². The maximum absolute atomic E-state index is 9.12. The number of pyridine rings is 1. The van der Waals surface area contributed by atoms with E-state index in [-0.39, 0.29) is 6.10 Å². The van der Waals surface area contributed by atoms with Crippen LogP contribution in [0.25, 0.3) is 0 Å². The first-order valence-corrected chi connectivity index (χ1v) is 5.20. The van der Waals surface area contributed by atoms with Gasteiger partial charge in [-0.25, -0.2) is 4.98 Å². The second-order valence-corrected chi connectivity index (χ2v) is 3.96. The average molecular weight is 208 g/mol. The zero-order chi connectivity index (χ0) is 10.7. The Morgan fingerprint density at radius 2 is 2.33 bits per heavy atom. The highest BCUT2D eigenvalue weighted by atomic mass is 16.5. The topological polar surface area (TPSA) is 54.4 Å². The molecule has 0 aliphatic heterocycles. The van der Waals surface area contributed by atoms with Gasteiger partial charge >= 0.3 is 0 Å². The molecule has 82 valence electrons. The summed E-state index contributed by atoms with van der Waals surface area (Å²) in [6.07, 6.45) is 3.42. The molecule has 1 aromatic rings. The van der Waals surface area contributed by atoms with Crippen LogP contribution in [0.3, 0.4) is 0 Å². The van der Waals surface area contributed by atoms with Crippen LogP contribution in [0.4, 0.5) is 5.82 Å². The Morgan fingerprint density at radius 1 is 1.53 bits per heavy atom. The summed E-state index contributed by atoms with van der Waals surface area (Å²) >= 11 is 0. The zero-order valence-electron chi connectivity index (χ0n) is 8.81. The van der Waals surface area contributed by atoms with Crippen molar-refractivity contribution in [3.63, 3.8) is 0 Å². The summed E-state index contributed by atoms with van der Waals surface area (Å²) in [4.78, 5) is 4.20. The van der Waals surface area contributed by atoms with Crippen LogP contribution in [0.2, 0.25) is 0 Å². The van der Waals surface area contributed by atoms with Crippen molar-refractivity contribution in [3.05, 3.63) is 18.3 Å². The van der Waals surface area contributed by atoms with Crippen LogP contribution < -0.4 is 10.1 Å². The minimum atomic E-state index is -0.0828. The minimum Gasteiger partial charge on any atom is -0.495 e. The number of aliphatic hydroxyl groups excluding tert-OH is 1. The van der Waals surface area contributed by atoms with Gasteiger partial charge in [0, 0.05) is 6.54 Å². The molecule has 4 nitrogen and oxygen atoms in total. The number of ether oxygens (including phenoxy) is 1. The Kier molecular flexibility index (Phi) is 3.06. The fourth-order valence-corrected chi connectivity index (χ4v) is 1.72. The van der Waals surface area contributed by atoms with Crippen molar-refractivity contribution >= 4 is 5.82 Å². The van der Waals surface area contributed by atoms with Gasteiger partial charge in [-0.3, -0.25) is 0 Å². The predicted octanol–water partition coefficient (Wildman–Crippen LogP) is 1.27. The molecule has 1 aromatic heterocycles. The standard InChI is InChI=1S/C11H16N2O2/c1-15-10-2-3-11(13-7-10)12-6-8-4-9(14)5-8/h2-3,7-9,14H,4-6H2,1H3,(H,12,13). The van der Waals surface area contributed by atoms with E-state index in [1.165, 1.54) is 0 Å². The molecule has 0 bridgehead atoms. The van der Waals surface area contributed by atoms with Gasteiger partial charge in [0.25, 0.3) is 0 Å². The van der Waals surface area contributed by atoms with Crippen LogP contribution >= 0.6 is 0 Å². The summed E-state index contributed by atoms with van der Waals surface area (Å²) < 4.78 is 5.02. The van der Waals surface area contributed by atoms with Crippen molar-refractivity contribution in [2.75, 3.05) is 19.0 Å². The number of methoxy groups -OCH3 is 1. The van der Waals surface area contributed by atoms with Crippen molar-refractivity contribution in [2.24, 2.45) is 5.92 Å². The molecule has 0 saturated heterocycles. The lowest BCUT2D eigenvalue weighted by molar-refractivity contribution is 0.0486. The molecule has 0 unspecified atom stereocenters. The predicted molar refractivity (Wildman–Crippen MR) is 58.0 cm³/mol. The van der Waals surface area contributed by atoms with Gasteiger partial charge in [-0.15, -0.1) is 0 Å². The minimum absolute atomic E-state index is 0.0828. The zero-order valence-corrected chi connectivity index (χ0v) is 8.81. The number of hydrogen-bond donors (Lipinski definition) is 2. The second kappa shape index (κ2) is 4.49. The number of nitrogens with one attached hydrogen (secondary N) is 1. The van der Waals surface area contributed by atoms with E-state index in [4.69, 9.17) is 9.84 Å². The lowest BCUT2D eigenvalue weighted by Gasteiger charge is -2.31. The summed E-state index contributed by atoms with van der Waals surface area (Å²) in [6.45, 7) is 0.885. The van der Waals surface area contributed by atoms with Crippen molar-refractivity contribution in [1.82, 2.24) is 4.98 Å². The fraction of sp³-hybridized carbons (Fsp3) is 0.545. The number of aromatic nitrogens is 1. The van der Waals surface area contributed by atoms with E-state index in [1.807, 2.05) is 12.1 Å². The molecule has 4 heteroatoms. The van der Waals surface area contributed by atoms with E-state index in [0.717, 1.165) is 31.0 Å². The summed E-state index contributed by atoms with van der Waals surface area (Å²) in [6, 6.07) is 3.78. The second-order valence-electron chi connectivity index (χ2n) is 3.96. The van der Waals surface area contributed by atoms with Gasteiger partial charge in [0.15, 0.2) is 0 Å². The van der Waals surface area contributed by atoms with Crippen LogP contribution in [0.15, 0.2) is 18.3 Å². The van der Waals surface area contributed by atoms with Crippen LogP contribution in [0.5, 0.6) is 5.75 Å². The molecular weight excluding hydrogens is 192 g/mol. The SMILES string of the molecule is COc1ccc(NCC2CC(O)C2)nc1. The van der Waals surface area contributed by atoms with E-state index < -0.39 is 0 Å². The molecule has 0 aromatic carbocycles. The molecule has 2 rings (SSSR count). The van der Waals surface area contributed by atoms with Gasteiger partial charge in [-0.2, -0.15) is 0 Å². The average Bonchev–Trinajstić information content (AvgIpc) is 2.23. The fourth-order valence-electron chi connectivity index (χ4n) is 1.72. The largest absolute Gasteiger partial charge is 0.495 e. The first-order chi connectivity index (χ1) is 7.28. The van der Waals surface area contributed by atoms with Crippen molar-refractivity contribution < 1.29 is 9.84 Å². The number of anilines is 1. The van der Waals surface area contributed by atoms with Gasteiger partial charge in [0.1, 0.15) is 11.6 Å². The Labute approximate surface area is 89.3 Å². The monoisotopic (exact) mass is 208 g/mol. The molecule has 1 aliphatic rings. The highest BCUT2D eigenvalue weighted by Crippen LogP contribution is 2.27. The third-order valence-corrected chi connectivity index (χ3v) is 2.75. The van der Waals surface area contributed by atoms with Crippen LogP contribution in [0, 0.1) is 5.92 Å². The van der Waals surface area contributed by atoms with E-state index in [9.17, 15) is 0 Å². The molecule has 0 spiro atoms. The summed E-state index contributed by atoms with van der Waals surface area (Å²) in [5.41, 5.74) is 0. The number of rotatable bonds is 4. The third kappa shape index (κ3) is 2.59. The molecule has 0 radical (unpaired) electrons. The lowest BCUT2D eigenvalue weighted by Crippen LogP contribution is -2.33. The number of aliphatic hydroxyl groups is 1. The Bertz CT molecular complexity index is 307. The highest BCUT2D eigenvalue weighted by molar-refractivity contribution is 5.37. The molecule has 1 saturated carbocycles. The first kappa shape index (κ1) is 10.2. The van der Waals surface area contributed by atoms with Crippen LogP contribution in [-0.2, 0) is 0 Å². The molecule has 0 amide bonds. The normalized spacial score (nSPS) is 24.4. The maximum Gasteiger partial charge on any atom is 0.137 e. The summed E-state index contributed by atoms with van der Waals surface area (Å²) in [5, 5.41) is 12.4. The van der Waals surface area contributed by atoms with Crippen LogP contribution in [0.1, 0.15) is 12.8 Å². The molecule has 1 fully saturated rings. The maximum atomic E-state index is 9.12. The van der Waals surface area contributed by atoms with Gasteiger partial charge < -0.3 is 15.2 Å².